The first-order valence-electron chi connectivity index (χ1n) is 6.72. The van der Waals surface area contributed by atoms with Crippen molar-refractivity contribution in [2.45, 2.75) is 0 Å². The van der Waals surface area contributed by atoms with Gasteiger partial charge >= 0.3 is 0 Å². The Bertz CT molecular complexity index is 790. The molecule has 0 saturated heterocycles. The number of rotatable bonds is 5. The molecule has 0 aliphatic heterocycles. The number of tetrazole rings is 1. The predicted octanol–water partition coefficient (Wildman–Crippen LogP) is 1.82. The first-order chi connectivity index (χ1) is 11.2. The van der Waals surface area contributed by atoms with Crippen LogP contribution in [0.5, 0.6) is 5.75 Å². The molecule has 0 radical (unpaired) electrons. The van der Waals surface area contributed by atoms with E-state index in [1.165, 1.54) is 29.2 Å². The Hall–Kier alpha value is -3.29. The average Bonchev–Trinajstić information content (AvgIpc) is 3.08. The quantitative estimate of drug-likeness (QED) is 0.777. The molecule has 0 fully saturated rings. The highest BCUT2D eigenvalue weighted by Crippen LogP contribution is 2.14. The van der Waals surface area contributed by atoms with E-state index in [4.69, 9.17) is 4.74 Å². The van der Waals surface area contributed by atoms with Gasteiger partial charge in [0.25, 0.3) is 5.91 Å². The zero-order chi connectivity index (χ0) is 16.1. The molecular weight excluding hydrogens is 301 g/mol. The van der Waals surface area contributed by atoms with E-state index in [1.807, 2.05) is 0 Å². The Balaban J connectivity index is 1.54. The molecule has 23 heavy (non-hydrogen) atoms. The fraction of sp³-hybridized carbons (Fsp3) is 0.0667. The summed E-state index contributed by atoms with van der Waals surface area (Å²) < 4.78 is 19.9. The van der Waals surface area contributed by atoms with E-state index in [-0.39, 0.29) is 12.5 Å². The highest BCUT2D eigenvalue weighted by molar-refractivity contribution is 5.91. The van der Waals surface area contributed by atoms with Crippen LogP contribution in [0, 0.1) is 5.82 Å². The zero-order valence-electron chi connectivity index (χ0n) is 11.9. The summed E-state index contributed by atoms with van der Waals surface area (Å²) >= 11 is 0. The van der Waals surface area contributed by atoms with Crippen LogP contribution in [0.2, 0.25) is 0 Å². The number of carbonyl (C=O) groups excluding carboxylic acids is 1. The molecule has 0 unspecified atom stereocenters. The molecule has 8 heteroatoms. The third-order valence-corrected chi connectivity index (χ3v) is 2.93. The molecule has 3 aromatic rings. The van der Waals surface area contributed by atoms with Crippen molar-refractivity contribution in [2.24, 2.45) is 0 Å². The summed E-state index contributed by atoms with van der Waals surface area (Å²) in [5.41, 5.74) is 1.15. The van der Waals surface area contributed by atoms with Crippen LogP contribution in [0.1, 0.15) is 0 Å². The lowest BCUT2D eigenvalue weighted by molar-refractivity contribution is -0.118. The average molecular weight is 313 g/mol. The summed E-state index contributed by atoms with van der Waals surface area (Å²) in [4.78, 5) is 11.8. The molecule has 116 valence electrons. The molecule has 1 heterocycles. The number of halogens is 1. The zero-order valence-corrected chi connectivity index (χ0v) is 11.9. The summed E-state index contributed by atoms with van der Waals surface area (Å²) in [6.07, 6.45) is 1.47. The summed E-state index contributed by atoms with van der Waals surface area (Å²) in [5, 5.41) is 13.4. The molecular formula is C15H12FN5O2. The van der Waals surface area contributed by atoms with Crippen LogP contribution < -0.4 is 10.1 Å². The molecule has 0 bridgehead atoms. The van der Waals surface area contributed by atoms with E-state index in [1.54, 1.807) is 30.3 Å². The van der Waals surface area contributed by atoms with Gasteiger partial charge in [0.2, 0.25) is 0 Å². The van der Waals surface area contributed by atoms with E-state index in [9.17, 15) is 9.18 Å². The number of nitrogens with zero attached hydrogens (tertiary/aromatic N) is 4. The second-order valence-corrected chi connectivity index (χ2v) is 4.60. The fourth-order valence-corrected chi connectivity index (χ4v) is 1.89. The lowest BCUT2D eigenvalue weighted by atomic mass is 10.3. The second-order valence-electron chi connectivity index (χ2n) is 4.60. The molecule has 1 amide bonds. The minimum atomic E-state index is -0.415. The Morgan fingerprint density at radius 2 is 2.04 bits per heavy atom. The molecule has 0 saturated carbocycles. The van der Waals surface area contributed by atoms with Crippen LogP contribution >= 0.6 is 0 Å². The molecule has 0 atom stereocenters. The molecule has 3 rings (SSSR count). The number of nitrogens with one attached hydrogen (secondary N) is 1. The van der Waals surface area contributed by atoms with Crippen molar-refractivity contribution < 1.29 is 13.9 Å². The SMILES string of the molecule is O=C(COc1ccc(-n2cnnn2)cc1)Nc1cccc(F)c1. The first kappa shape index (κ1) is 14.6. The van der Waals surface area contributed by atoms with Crippen molar-refractivity contribution in [3.8, 4) is 11.4 Å². The maximum absolute atomic E-state index is 13.0. The van der Waals surface area contributed by atoms with Crippen LogP contribution in [0.25, 0.3) is 5.69 Å². The van der Waals surface area contributed by atoms with Crippen LogP contribution in [-0.2, 0) is 4.79 Å². The Labute approximate surface area is 130 Å². The summed E-state index contributed by atoms with van der Waals surface area (Å²) in [7, 11) is 0. The van der Waals surface area contributed by atoms with Crippen LogP contribution in [0.4, 0.5) is 10.1 Å². The van der Waals surface area contributed by atoms with Crippen molar-refractivity contribution >= 4 is 11.6 Å². The number of hydrogen-bond donors (Lipinski definition) is 1. The Kier molecular flexibility index (Phi) is 4.23. The second kappa shape index (κ2) is 6.65. The molecule has 2 aromatic carbocycles. The molecule has 0 aliphatic rings. The highest BCUT2D eigenvalue weighted by Gasteiger charge is 2.05. The number of hydrogen-bond acceptors (Lipinski definition) is 5. The van der Waals surface area contributed by atoms with Crippen molar-refractivity contribution in [3.63, 3.8) is 0 Å². The van der Waals surface area contributed by atoms with Gasteiger partial charge < -0.3 is 10.1 Å². The van der Waals surface area contributed by atoms with Crippen molar-refractivity contribution in [1.82, 2.24) is 20.2 Å². The van der Waals surface area contributed by atoms with Gasteiger partial charge in [-0.25, -0.2) is 9.07 Å². The number of benzene rings is 2. The molecule has 1 aromatic heterocycles. The van der Waals surface area contributed by atoms with E-state index in [2.05, 4.69) is 20.8 Å². The van der Waals surface area contributed by atoms with Gasteiger partial charge in [-0.2, -0.15) is 0 Å². The number of amides is 1. The smallest absolute Gasteiger partial charge is 0.262 e. The minimum Gasteiger partial charge on any atom is -0.484 e. The highest BCUT2D eigenvalue weighted by atomic mass is 19.1. The fourth-order valence-electron chi connectivity index (χ4n) is 1.89. The van der Waals surface area contributed by atoms with E-state index in [0.29, 0.717) is 11.4 Å². The number of ether oxygens (including phenoxy) is 1. The minimum absolute atomic E-state index is 0.180. The summed E-state index contributed by atoms with van der Waals surface area (Å²) in [6.45, 7) is -0.180. The first-order valence-corrected chi connectivity index (χ1v) is 6.72. The number of anilines is 1. The molecule has 0 aliphatic carbocycles. The maximum atomic E-state index is 13.0. The third-order valence-electron chi connectivity index (χ3n) is 2.93. The van der Waals surface area contributed by atoms with Gasteiger partial charge in [0.05, 0.1) is 5.69 Å². The Morgan fingerprint density at radius 1 is 1.22 bits per heavy atom. The van der Waals surface area contributed by atoms with Gasteiger partial charge in [-0.1, -0.05) is 6.07 Å². The van der Waals surface area contributed by atoms with Crippen LogP contribution in [0.3, 0.4) is 0 Å². The van der Waals surface area contributed by atoms with Crippen LogP contribution in [0.15, 0.2) is 54.9 Å². The summed E-state index contributed by atoms with van der Waals surface area (Å²) in [6, 6.07) is 12.6. The van der Waals surface area contributed by atoms with E-state index < -0.39 is 5.82 Å². The van der Waals surface area contributed by atoms with Gasteiger partial charge in [0.1, 0.15) is 17.9 Å². The largest absolute Gasteiger partial charge is 0.484 e. The molecule has 1 N–H and O–H groups in total. The number of aromatic nitrogens is 4. The topological polar surface area (TPSA) is 81.9 Å². The van der Waals surface area contributed by atoms with Gasteiger partial charge in [-0.05, 0) is 52.9 Å². The summed E-state index contributed by atoms with van der Waals surface area (Å²) in [5.74, 6) is -0.265. The lowest BCUT2D eigenvalue weighted by Crippen LogP contribution is -2.20. The van der Waals surface area contributed by atoms with Crippen molar-refractivity contribution in [2.75, 3.05) is 11.9 Å². The lowest BCUT2D eigenvalue weighted by Gasteiger charge is -2.08. The Morgan fingerprint density at radius 3 is 2.74 bits per heavy atom. The van der Waals surface area contributed by atoms with Gasteiger partial charge in [-0.3, -0.25) is 4.79 Å². The van der Waals surface area contributed by atoms with Gasteiger partial charge in [0, 0.05) is 5.69 Å². The normalized spacial score (nSPS) is 10.3. The third kappa shape index (κ3) is 3.88. The van der Waals surface area contributed by atoms with Gasteiger partial charge in [-0.15, -0.1) is 5.10 Å². The maximum Gasteiger partial charge on any atom is 0.262 e. The van der Waals surface area contributed by atoms with Crippen LogP contribution in [-0.4, -0.2) is 32.7 Å². The van der Waals surface area contributed by atoms with Crippen molar-refractivity contribution in [3.05, 3.63) is 60.7 Å². The van der Waals surface area contributed by atoms with E-state index >= 15 is 0 Å². The molecule has 7 nitrogen and oxygen atoms in total. The van der Waals surface area contributed by atoms with Crippen molar-refractivity contribution in [1.29, 1.82) is 0 Å². The number of carbonyl (C=O) groups is 1. The van der Waals surface area contributed by atoms with Gasteiger partial charge in [0.15, 0.2) is 6.61 Å². The van der Waals surface area contributed by atoms with E-state index in [0.717, 1.165) is 5.69 Å². The predicted molar refractivity (Wildman–Crippen MR) is 79.7 cm³/mol. The standard InChI is InChI=1S/C15H12FN5O2/c16-11-2-1-3-12(8-11)18-15(22)9-23-14-6-4-13(5-7-14)21-10-17-19-20-21/h1-8,10H,9H2,(H,18,22). The molecule has 0 spiro atoms. The monoisotopic (exact) mass is 313 g/mol.